The first-order valence-electron chi connectivity index (χ1n) is 12.6. The van der Waals surface area contributed by atoms with Gasteiger partial charge in [0.15, 0.2) is 0 Å². The predicted molar refractivity (Wildman–Crippen MR) is 130 cm³/mol. The molecule has 4 aliphatic heterocycles. The van der Waals surface area contributed by atoms with Crippen LogP contribution in [0, 0.1) is 17.8 Å². The van der Waals surface area contributed by atoms with Gasteiger partial charge >= 0.3 is 0 Å². The van der Waals surface area contributed by atoms with Crippen molar-refractivity contribution in [3.8, 4) is 0 Å². The van der Waals surface area contributed by atoms with Crippen LogP contribution in [0.25, 0.3) is 0 Å². The number of carbonyl (C=O) groups excluding carboxylic acids is 4. The number of hydrogen-bond acceptors (Lipinski definition) is 9. The first-order valence-corrected chi connectivity index (χ1v) is 12.6. The molecule has 11 heteroatoms. The highest BCUT2D eigenvalue weighted by atomic mass is 16.3. The fourth-order valence-electron chi connectivity index (χ4n) is 6.49. The second-order valence-electron chi connectivity index (χ2n) is 10.8. The monoisotopic (exact) mass is 502 g/mol. The van der Waals surface area contributed by atoms with Gasteiger partial charge in [0.1, 0.15) is 11.8 Å². The molecule has 0 radical (unpaired) electrons. The van der Waals surface area contributed by atoms with Crippen LogP contribution >= 0.6 is 0 Å². The van der Waals surface area contributed by atoms with Crippen LogP contribution in [0.5, 0.6) is 0 Å². The Labute approximate surface area is 212 Å². The summed E-state index contributed by atoms with van der Waals surface area (Å²) in [6, 6.07) is 5.16. The lowest BCUT2D eigenvalue weighted by atomic mass is 9.89. The summed E-state index contributed by atoms with van der Waals surface area (Å²) in [5.41, 5.74) is 1.89. The first kappa shape index (κ1) is 22.3. The number of piperidine rings is 2. The molecule has 2 unspecified atom stereocenters. The number of aliphatic hydroxyl groups is 1. The van der Waals surface area contributed by atoms with E-state index in [2.05, 4.69) is 20.1 Å². The van der Waals surface area contributed by atoms with Gasteiger partial charge < -0.3 is 25.0 Å². The summed E-state index contributed by atoms with van der Waals surface area (Å²) in [4.78, 5) is 65.0. The number of amides is 3. The zero-order chi connectivity index (χ0) is 25.5. The SMILES string of the molecule is O=CC1(N2C(=O)c3ccc(N4Cc5cnc(N6C[C@@H]7C(CO)[C@@H]7C6)nc5C4)cc3C2=O)CCC(=O)NC1. The minimum atomic E-state index is -1.37. The van der Waals surface area contributed by atoms with Gasteiger partial charge in [0.05, 0.1) is 23.4 Å². The number of imide groups is 1. The summed E-state index contributed by atoms with van der Waals surface area (Å²) in [6.45, 7) is 3.07. The van der Waals surface area contributed by atoms with Gasteiger partial charge in [-0.1, -0.05) is 0 Å². The largest absolute Gasteiger partial charge is 0.396 e. The van der Waals surface area contributed by atoms with E-state index < -0.39 is 17.4 Å². The van der Waals surface area contributed by atoms with E-state index in [1.54, 1.807) is 12.1 Å². The van der Waals surface area contributed by atoms with E-state index in [1.807, 2.05) is 12.3 Å². The Morgan fingerprint density at radius 1 is 1.08 bits per heavy atom. The molecule has 3 amide bonds. The second kappa shape index (κ2) is 7.82. The smallest absolute Gasteiger partial charge is 0.262 e. The van der Waals surface area contributed by atoms with Gasteiger partial charge in [0, 0.05) is 56.7 Å². The average molecular weight is 503 g/mol. The molecule has 1 saturated carbocycles. The van der Waals surface area contributed by atoms with E-state index in [0.29, 0.717) is 43.1 Å². The van der Waals surface area contributed by atoms with Gasteiger partial charge in [-0.3, -0.25) is 19.3 Å². The van der Waals surface area contributed by atoms with Crippen molar-refractivity contribution >= 4 is 35.6 Å². The van der Waals surface area contributed by atoms with Crippen LogP contribution in [0.1, 0.15) is 44.8 Å². The number of nitrogens with one attached hydrogen (secondary N) is 1. The van der Waals surface area contributed by atoms with Gasteiger partial charge in [-0.2, -0.15) is 0 Å². The second-order valence-corrected chi connectivity index (χ2v) is 10.8. The Kier molecular flexibility index (Phi) is 4.72. The van der Waals surface area contributed by atoms with Crippen molar-refractivity contribution in [3.63, 3.8) is 0 Å². The molecule has 37 heavy (non-hydrogen) atoms. The summed E-state index contributed by atoms with van der Waals surface area (Å²) in [5, 5.41) is 12.0. The number of anilines is 2. The van der Waals surface area contributed by atoms with E-state index in [4.69, 9.17) is 4.98 Å². The molecule has 1 aromatic heterocycles. The highest BCUT2D eigenvalue weighted by molar-refractivity contribution is 6.23. The number of carbonyl (C=O) groups is 4. The van der Waals surface area contributed by atoms with Crippen molar-refractivity contribution in [1.82, 2.24) is 20.2 Å². The third kappa shape index (κ3) is 3.23. The Hall–Kier alpha value is -3.86. The molecule has 0 spiro atoms. The number of aldehydes is 1. The molecule has 3 fully saturated rings. The van der Waals surface area contributed by atoms with E-state index in [0.717, 1.165) is 34.9 Å². The van der Waals surface area contributed by atoms with E-state index >= 15 is 0 Å². The van der Waals surface area contributed by atoms with Crippen molar-refractivity contribution in [1.29, 1.82) is 0 Å². The summed E-state index contributed by atoms with van der Waals surface area (Å²) < 4.78 is 0. The molecule has 4 atom stereocenters. The maximum atomic E-state index is 13.4. The molecule has 2 N–H and O–H groups in total. The topological polar surface area (TPSA) is 136 Å². The van der Waals surface area contributed by atoms with Gasteiger partial charge in [-0.25, -0.2) is 9.97 Å². The molecule has 11 nitrogen and oxygen atoms in total. The van der Waals surface area contributed by atoms with Crippen molar-refractivity contribution in [2.75, 3.05) is 36.0 Å². The van der Waals surface area contributed by atoms with Crippen LogP contribution < -0.4 is 15.1 Å². The van der Waals surface area contributed by atoms with Crippen LogP contribution in [0.4, 0.5) is 11.6 Å². The Bertz CT molecular complexity index is 1360. The quantitative estimate of drug-likeness (QED) is 0.431. The van der Waals surface area contributed by atoms with E-state index in [-0.39, 0.29) is 43.0 Å². The number of rotatable bonds is 5. The minimum absolute atomic E-state index is 0.0741. The van der Waals surface area contributed by atoms with Crippen molar-refractivity contribution in [3.05, 3.63) is 46.8 Å². The van der Waals surface area contributed by atoms with Gasteiger partial charge in [-0.05, 0) is 42.4 Å². The van der Waals surface area contributed by atoms with Gasteiger partial charge in [0.25, 0.3) is 11.8 Å². The molecule has 1 aliphatic carbocycles. The minimum Gasteiger partial charge on any atom is -0.396 e. The number of aliphatic hydroxyl groups excluding tert-OH is 1. The number of aromatic nitrogens is 2. The lowest BCUT2D eigenvalue weighted by Gasteiger charge is -2.38. The summed E-state index contributed by atoms with van der Waals surface area (Å²) in [5.74, 6) is 0.978. The third-order valence-electron chi connectivity index (χ3n) is 8.78. The molecule has 5 heterocycles. The molecule has 5 aliphatic rings. The number of nitrogens with zero attached hydrogens (tertiary/aromatic N) is 5. The molecule has 2 aromatic rings. The lowest BCUT2D eigenvalue weighted by Crippen LogP contribution is -2.61. The van der Waals surface area contributed by atoms with Gasteiger partial charge in [0.2, 0.25) is 11.9 Å². The zero-order valence-corrected chi connectivity index (χ0v) is 20.1. The maximum absolute atomic E-state index is 13.4. The molecule has 0 bridgehead atoms. The Morgan fingerprint density at radius 2 is 1.86 bits per heavy atom. The summed E-state index contributed by atoms with van der Waals surface area (Å²) in [6.07, 6.45) is 2.66. The molecule has 190 valence electrons. The first-order chi connectivity index (χ1) is 17.9. The zero-order valence-electron chi connectivity index (χ0n) is 20.1. The fourth-order valence-corrected chi connectivity index (χ4v) is 6.49. The predicted octanol–water partition coefficient (Wildman–Crippen LogP) is 0.115. The number of fused-ring (bicyclic) bond motifs is 3. The van der Waals surface area contributed by atoms with Gasteiger partial charge in [-0.15, -0.1) is 0 Å². The molecular formula is C26H26N6O5. The highest BCUT2D eigenvalue weighted by Crippen LogP contribution is 2.51. The Morgan fingerprint density at radius 3 is 2.57 bits per heavy atom. The maximum Gasteiger partial charge on any atom is 0.262 e. The highest BCUT2D eigenvalue weighted by Gasteiger charge is 2.55. The van der Waals surface area contributed by atoms with E-state index in [1.165, 1.54) is 0 Å². The molecule has 2 saturated heterocycles. The third-order valence-corrected chi connectivity index (χ3v) is 8.78. The van der Waals surface area contributed by atoms with Crippen LogP contribution in [-0.2, 0) is 22.7 Å². The van der Waals surface area contributed by atoms with E-state index in [9.17, 15) is 24.3 Å². The van der Waals surface area contributed by atoms with Crippen molar-refractivity contribution in [2.24, 2.45) is 17.8 Å². The van der Waals surface area contributed by atoms with Crippen LogP contribution in [-0.4, -0.2) is 75.8 Å². The molecule has 1 aromatic carbocycles. The van der Waals surface area contributed by atoms with Crippen LogP contribution in [0.3, 0.4) is 0 Å². The number of benzene rings is 1. The van der Waals surface area contributed by atoms with Crippen LogP contribution in [0.15, 0.2) is 24.4 Å². The standard InChI is InChI=1S/C26H26N6O5/c33-11-20-18-8-31(9-19(18)20)25-27-6-14-7-30(10-21(14)29-25)15-1-2-16-17(5-15)24(37)32(23(16)36)26(13-34)4-3-22(35)28-12-26/h1-2,5-6,13,18-20,33H,3-4,7-12H2,(H,28,35)/t18-,19+,20?,26?. The van der Waals surface area contributed by atoms with Crippen molar-refractivity contribution < 1.29 is 24.3 Å². The summed E-state index contributed by atoms with van der Waals surface area (Å²) in [7, 11) is 0. The average Bonchev–Trinajstić information content (AvgIpc) is 3.24. The van der Waals surface area contributed by atoms with Crippen LogP contribution in [0.2, 0.25) is 0 Å². The fraction of sp³-hybridized carbons (Fsp3) is 0.462. The summed E-state index contributed by atoms with van der Waals surface area (Å²) >= 11 is 0. The molecule has 7 rings (SSSR count). The molecular weight excluding hydrogens is 476 g/mol. The lowest BCUT2D eigenvalue weighted by molar-refractivity contribution is -0.127. The van der Waals surface area contributed by atoms with Crippen molar-refractivity contribution in [2.45, 2.75) is 31.5 Å². The Balaban J connectivity index is 1.10. The normalized spacial score (nSPS) is 29.8. The number of hydrogen-bond donors (Lipinski definition) is 2.